The molecular weight excluding hydrogens is 532 g/mol. The SMILES string of the molecule is COc1cc(N(C)C(=O)c2cc3nc(-c4ccnc(CN5CCN(C(C)(C)C)CC5)c4)ccc3[nH]2)cc(OC)c1OC. The van der Waals surface area contributed by atoms with Crippen molar-refractivity contribution >= 4 is 22.6 Å². The minimum Gasteiger partial charge on any atom is -0.493 e. The van der Waals surface area contributed by atoms with Crippen LogP contribution in [0.15, 0.2) is 48.7 Å². The molecule has 4 heterocycles. The van der Waals surface area contributed by atoms with Crippen LogP contribution in [0.4, 0.5) is 5.69 Å². The second kappa shape index (κ2) is 12.0. The van der Waals surface area contributed by atoms with Crippen molar-refractivity contribution in [3.05, 3.63) is 60.0 Å². The van der Waals surface area contributed by atoms with Crippen molar-refractivity contribution < 1.29 is 19.0 Å². The van der Waals surface area contributed by atoms with E-state index in [2.05, 4.69) is 46.6 Å². The highest BCUT2D eigenvalue weighted by atomic mass is 16.5. The van der Waals surface area contributed by atoms with Crippen LogP contribution < -0.4 is 19.1 Å². The molecule has 42 heavy (non-hydrogen) atoms. The Kier molecular flexibility index (Phi) is 8.38. The van der Waals surface area contributed by atoms with Gasteiger partial charge in [-0.2, -0.15) is 0 Å². The molecule has 0 bridgehead atoms. The second-order valence-electron chi connectivity index (χ2n) is 11.5. The lowest BCUT2D eigenvalue weighted by atomic mass is 10.0. The number of hydrogen-bond acceptors (Lipinski definition) is 8. The third kappa shape index (κ3) is 6.05. The van der Waals surface area contributed by atoms with Crippen LogP contribution in [0.2, 0.25) is 0 Å². The van der Waals surface area contributed by atoms with Gasteiger partial charge < -0.3 is 24.1 Å². The maximum Gasteiger partial charge on any atom is 0.274 e. The van der Waals surface area contributed by atoms with Crippen molar-refractivity contribution in [3.63, 3.8) is 0 Å². The standard InChI is InChI=1S/C32H40N6O4/c1-32(2,3)38-14-12-37(13-15-38)20-22-16-21(10-11-33-22)24-8-9-25-26(34-24)19-27(35-25)31(39)36(4)23-17-28(40-5)30(42-7)29(18-23)41-6/h8-11,16-19,35H,12-15,20H2,1-7H3. The molecule has 5 rings (SSSR count). The van der Waals surface area contributed by atoms with Crippen molar-refractivity contribution in [2.75, 3.05) is 59.5 Å². The lowest BCUT2D eigenvalue weighted by Crippen LogP contribution is -2.53. The topological polar surface area (TPSA) is 96.1 Å². The number of ether oxygens (including phenoxy) is 3. The number of carbonyl (C=O) groups is 1. The normalized spacial score (nSPS) is 14.6. The van der Waals surface area contributed by atoms with Crippen molar-refractivity contribution in [1.82, 2.24) is 24.8 Å². The molecule has 1 aliphatic heterocycles. The number of piperazine rings is 1. The Morgan fingerprint density at radius 3 is 2.26 bits per heavy atom. The fraction of sp³-hybridized carbons (Fsp3) is 0.406. The van der Waals surface area contributed by atoms with Crippen molar-refractivity contribution in [1.29, 1.82) is 0 Å². The fourth-order valence-corrected chi connectivity index (χ4v) is 5.37. The molecule has 0 radical (unpaired) electrons. The van der Waals surface area contributed by atoms with Gasteiger partial charge in [0, 0.05) is 69.2 Å². The first-order valence-corrected chi connectivity index (χ1v) is 14.1. The molecule has 1 saturated heterocycles. The first-order valence-electron chi connectivity index (χ1n) is 14.1. The average Bonchev–Trinajstić information content (AvgIpc) is 3.43. The summed E-state index contributed by atoms with van der Waals surface area (Å²) in [5, 5.41) is 0. The number of carbonyl (C=O) groups excluding carboxylic acids is 1. The zero-order valence-corrected chi connectivity index (χ0v) is 25.5. The number of fused-ring (bicyclic) bond motifs is 1. The molecule has 10 heteroatoms. The summed E-state index contributed by atoms with van der Waals surface area (Å²) >= 11 is 0. The van der Waals surface area contributed by atoms with E-state index in [0.717, 1.165) is 55.2 Å². The Labute approximate surface area is 247 Å². The first kappa shape index (κ1) is 29.3. The van der Waals surface area contributed by atoms with Crippen LogP contribution in [0.1, 0.15) is 37.0 Å². The zero-order valence-electron chi connectivity index (χ0n) is 25.5. The molecule has 0 saturated carbocycles. The van der Waals surface area contributed by atoms with E-state index in [1.165, 1.54) is 4.90 Å². The zero-order chi connectivity index (χ0) is 30.0. The number of rotatable bonds is 8. The molecule has 1 N–H and O–H groups in total. The quantitative estimate of drug-likeness (QED) is 0.320. The molecule has 1 aliphatic rings. The molecule has 0 spiro atoms. The van der Waals surface area contributed by atoms with Crippen LogP contribution in [-0.4, -0.2) is 90.8 Å². The number of aromatic amines is 1. The molecule has 222 valence electrons. The molecule has 1 fully saturated rings. The van der Waals surface area contributed by atoms with Gasteiger partial charge in [0.2, 0.25) is 5.75 Å². The minimum atomic E-state index is -0.221. The van der Waals surface area contributed by atoms with Crippen molar-refractivity contribution in [2.45, 2.75) is 32.9 Å². The van der Waals surface area contributed by atoms with Crippen LogP contribution >= 0.6 is 0 Å². The maximum absolute atomic E-state index is 13.5. The van der Waals surface area contributed by atoms with Crippen LogP contribution in [-0.2, 0) is 6.54 Å². The highest BCUT2D eigenvalue weighted by Crippen LogP contribution is 2.41. The lowest BCUT2D eigenvalue weighted by molar-refractivity contribution is 0.0586. The van der Waals surface area contributed by atoms with Gasteiger partial charge in [-0.3, -0.25) is 19.6 Å². The Morgan fingerprint density at radius 2 is 1.64 bits per heavy atom. The summed E-state index contributed by atoms with van der Waals surface area (Å²) in [6, 6.07) is 13.3. The summed E-state index contributed by atoms with van der Waals surface area (Å²) in [6.45, 7) is 11.8. The number of nitrogens with zero attached hydrogens (tertiary/aromatic N) is 5. The number of amides is 1. The summed E-state index contributed by atoms with van der Waals surface area (Å²) in [5.41, 5.74) is 5.58. The van der Waals surface area contributed by atoms with Gasteiger partial charge in [-0.1, -0.05) is 0 Å². The van der Waals surface area contributed by atoms with E-state index in [-0.39, 0.29) is 11.4 Å². The Morgan fingerprint density at radius 1 is 0.952 bits per heavy atom. The lowest BCUT2D eigenvalue weighted by Gasteiger charge is -2.42. The Balaban J connectivity index is 1.33. The number of hydrogen-bond donors (Lipinski definition) is 1. The second-order valence-corrected chi connectivity index (χ2v) is 11.5. The van der Waals surface area contributed by atoms with Crippen molar-refractivity contribution in [3.8, 4) is 28.5 Å². The van der Waals surface area contributed by atoms with E-state index in [9.17, 15) is 4.79 Å². The number of aromatic nitrogens is 3. The van der Waals surface area contributed by atoms with Gasteiger partial charge in [-0.15, -0.1) is 0 Å². The third-order valence-electron chi connectivity index (χ3n) is 7.87. The van der Waals surface area contributed by atoms with Crippen LogP contribution in [0.25, 0.3) is 22.3 Å². The van der Waals surface area contributed by atoms with E-state index in [4.69, 9.17) is 19.2 Å². The molecular formula is C32H40N6O4. The van der Waals surface area contributed by atoms with Gasteiger partial charge in [0.05, 0.1) is 49.4 Å². The first-order chi connectivity index (χ1) is 20.1. The monoisotopic (exact) mass is 572 g/mol. The summed E-state index contributed by atoms with van der Waals surface area (Å²) in [5.74, 6) is 1.19. The molecule has 1 aromatic carbocycles. The van der Waals surface area contributed by atoms with Crippen molar-refractivity contribution in [2.24, 2.45) is 0 Å². The molecule has 1 amide bonds. The number of methoxy groups -OCH3 is 3. The minimum absolute atomic E-state index is 0.198. The predicted molar refractivity (Wildman–Crippen MR) is 165 cm³/mol. The smallest absolute Gasteiger partial charge is 0.274 e. The number of H-pyrrole nitrogens is 1. The third-order valence-corrected chi connectivity index (χ3v) is 7.87. The summed E-state index contributed by atoms with van der Waals surface area (Å²) in [6.07, 6.45) is 1.85. The molecule has 10 nitrogen and oxygen atoms in total. The maximum atomic E-state index is 13.5. The van der Waals surface area contributed by atoms with Gasteiger partial charge in [0.15, 0.2) is 11.5 Å². The van der Waals surface area contributed by atoms with Gasteiger partial charge in [-0.25, -0.2) is 4.98 Å². The van der Waals surface area contributed by atoms with E-state index >= 15 is 0 Å². The summed E-state index contributed by atoms with van der Waals surface area (Å²) in [4.78, 5) is 32.7. The molecule has 4 aromatic rings. The molecule has 0 aliphatic carbocycles. The number of anilines is 1. The largest absolute Gasteiger partial charge is 0.493 e. The summed E-state index contributed by atoms with van der Waals surface area (Å²) < 4.78 is 16.3. The van der Waals surface area contributed by atoms with Gasteiger partial charge in [-0.05, 0) is 51.1 Å². The molecule has 0 unspecified atom stereocenters. The number of benzene rings is 1. The van der Waals surface area contributed by atoms with E-state index < -0.39 is 0 Å². The van der Waals surface area contributed by atoms with Crippen LogP contribution in [0, 0.1) is 0 Å². The average molecular weight is 573 g/mol. The van der Waals surface area contributed by atoms with Gasteiger partial charge in [0.1, 0.15) is 5.69 Å². The molecule has 0 atom stereocenters. The Hall–Kier alpha value is -4.15. The van der Waals surface area contributed by atoms with Crippen LogP contribution in [0.3, 0.4) is 0 Å². The molecule has 3 aromatic heterocycles. The van der Waals surface area contributed by atoms with Gasteiger partial charge in [0.25, 0.3) is 5.91 Å². The van der Waals surface area contributed by atoms with E-state index in [0.29, 0.717) is 34.1 Å². The highest BCUT2D eigenvalue weighted by molar-refractivity contribution is 6.07. The fourth-order valence-electron chi connectivity index (χ4n) is 5.37. The van der Waals surface area contributed by atoms with E-state index in [1.807, 2.05) is 24.4 Å². The predicted octanol–water partition coefficient (Wildman–Crippen LogP) is 4.84. The summed E-state index contributed by atoms with van der Waals surface area (Å²) in [7, 11) is 6.34. The van der Waals surface area contributed by atoms with E-state index in [1.54, 1.807) is 46.6 Å². The highest BCUT2D eigenvalue weighted by Gasteiger charge is 2.26. The Bertz CT molecular complexity index is 1540. The van der Waals surface area contributed by atoms with Gasteiger partial charge >= 0.3 is 0 Å². The number of nitrogens with one attached hydrogen (secondary N) is 1. The van der Waals surface area contributed by atoms with Crippen LogP contribution in [0.5, 0.6) is 17.2 Å². The number of pyridine rings is 2.